The van der Waals surface area contributed by atoms with E-state index >= 15 is 0 Å². The minimum Gasteiger partial charge on any atom is -0.493 e. The van der Waals surface area contributed by atoms with Crippen LogP contribution in [-0.4, -0.2) is 25.0 Å². The molecule has 0 aliphatic heterocycles. The molecule has 0 aliphatic carbocycles. The number of hydrogen-bond donors (Lipinski definition) is 2. The van der Waals surface area contributed by atoms with E-state index in [1.807, 2.05) is 32.0 Å². The predicted molar refractivity (Wildman–Crippen MR) is 68.2 cm³/mol. The molecule has 5 heteroatoms. The van der Waals surface area contributed by atoms with Crippen LogP contribution in [0, 0.1) is 13.8 Å². The summed E-state index contributed by atoms with van der Waals surface area (Å²) >= 11 is 0. The van der Waals surface area contributed by atoms with Crippen molar-refractivity contribution in [2.45, 2.75) is 20.3 Å². The summed E-state index contributed by atoms with van der Waals surface area (Å²) in [5, 5.41) is 2.40. The van der Waals surface area contributed by atoms with E-state index in [4.69, 9.17) is 10.5 Å². The summed E-state index contributed by atoms with van der Waals surface area (Å²) in [6.07, 6.45) is 0.195. The fraction of sp³-hybridized carbons (Fsp3) is 0.385. The summed E-state index contributed by atoms with van der Waals surface area (Å²) in [5.74, 6) is -0.0318. The van der Waals surface area contributed by atoms with E-state index in [1.54, 1.807) is 0 Å². The van der Waals surface area contributed by atoms with Gasteiger partial charge in [-0.2, -0.15) is 0 Å². The number of ether oxygens (including phenoxy) is 1. The number of aryl methyl sites for hydroxylation is 1. The molecular weight excluding hydrogens is 232 g/mol. The topological polar surface area (TPSA) is 81.4 Å². The Hall–Kier alpha value is -2.04. The SMILES string of the molecule is Cc1cccc(OCCC(=O)NCC(N)=O)c1C. The first-order valence-corrected chi connectivity index (χ1v) is 5.74. The second-order valence-electron chi connectivity index (χ2n) is 4.04. The third kappa shape index (κ3) is 4.45. The van der Waals surface area contributed by atoms with Gasteiger partial charge in [-0.05, 0) is 31.0 Å². The molecule has 3 N–H and O–H groups in total. The molecule has 0 atom stereocenters. The van der Waals surface area contributed by atoms with Crippen LogP contribution in [0.5, 0.6) is 5.75 Å². The molecule has 1 rings (SSSR count). The van der Waals surface area contributed by atoms with Crippen molar-refractivity contribution >= 4 is 11.8 Å². The number of carbonyl (C=O) groups excluding carboxylic acids is 2. The number of hydrogen-bond acceptors (Lipinski definition) is 3. The van der Waals surface area contributed by atoms with Crippen molar-refractivity contribution in [3.63, 3.8) is 0 Å². The van der Waals surface area contributed by atoms with Crippen molar-refractivity contribution in [1.29, 1.82) is 0 Å². The van der Waals surface area contributed by atoms with Gasteiger partial charge in [0.05, 0.1) is 19.6 Å². The summed E-state index contributed by atoms with van der Waals surface area (Å²) in [6, 6.07) is 5.77. The normalized spacial score (nSPS) is 9.89. The largest absolute Gasteiger partial charge is 0.493 e. The molecule has 1 aromatic rings. The number of carbonyl (C=O) groups is 2. The molecule has 0 aliphatic rings. The van der Waals surface area contributed by atoms with Gasteiger partial charge in [-0.15, -0.1) is 0 Å². The predicted octanol–water partition coefficient (Wildman–Crippen LogP) is 0.674. The average Bonchev–Trinajstić information content (AvgIpc) is 2.32. The van der Waals surface area contributed by atoms with Gasteiger partial charge in [0.2, 0.25) is 11.8 Å². The van der Waals surface area contributed by atoms with E-state index in [0.717, 1.165) is 16.9 Å². The van der Waals surface area contributed by atoms with E-state index in [2.05, 4.69) is 5.32 Å². The third-order valence-corrected chi connectivity index (χ3v) is 2.60. The Labute approximate surface area is 106 Å². The maximum atomic E-state index is 11.3. The van der Waals surface area contributed by atoms with Crippen LogP contribution in [0.3, 0.4) is 0 Å². The van der Waals surface area contributed by atoms with E-state index in [-0.39, 0.29) is 25.5 Å². The molecule has 0 spiro atoms. The fourth-order valence-electron chi connectivity index (χ4n) is 1.41. The van der Waals surface area contributed by atoms with Crippen LogP contribution in [0.1, 0.15) is 17.5 Å². The molecule has 0 fully saturated rings. The molecule has 2 amide bonds. The summed E-state index contributed by atoms with van der Waals surface area (Å²) < 4.78 is 5.52. The Morgan fingerprint density at radius 3 is 2.72 bits per heavy atom. The van der Waals surface area contributed by atoms with Crippen LogP contribution in [0.4, 0.5) is 0 Å². The Kier molecular flexibility index (Phi) is 5.17. The maximum Gasteiger partial charge on any atom is 0.236 e. The fourth-order valence-corrected chi connectivity index (χ4v) is 1.41. The highest BCUT2D eigenvalue weighted by Crippen LogP contribution is 2.20. The van der Waals surface area contributed by atoms with Crippen molar-refractivity contribution in [1.82, 2.24) is 5.32 Å². The monoisotopic (exact) mass is 250 g/mol. The number of benzene rings is 1. The zero-order valence-corrected chi connectivity index (χ0v) is 10.7. The Bertz CT molecular complexity index is 444. The van der Waals surface area contributed by atoms with E-state index in [9.17, 15) is 9.59 Å². The first-order chi connectivity index (χ1) is 8.50. The van der Waals surface area contributed by atoms with Crippen LogP contribution in [0.15, 0.2) is 18.2 Å². The van der Waals surface area contributed by atoms with Gasteiger partial charge in [-0.3, -0.25) is 9.59 Å². The lowest BCUT2D eigenvalue weighted by molar-refractivity contribution is -0.125. The molecule has 0 unspecified atom stereocenters. The Balaban J connectivity index is 2.35. The van der Waals surface area contributed by atoms with E-state index in [1.165, 1.54) is 0 Å². The molecule has 98 valence electrons. The standard InChI is InChI=1S/C13H18N2O3/c1-9-4-3-5-11(10(9)2)18-7-6-13(17)15-8-12(14)16/h3-5H,6-8H2,1-2H3,(H2,14,16)(H,15,17). The molecule has 18 heavy (non-hydrogen) atoms. The molecule has 0 bridgehead atoms. The zero-order valence-electron chi connectivity index (χ0n) is 10.7. The number of rotatable bonds is 6. The molecule has 0 aromatic heterocycles. The van der Waals surface area contributed by atoms with E-state index in [0.29, 0.717) is 0 Å². The second kappa shape index (κ2) is 6.64. The molecule has 1 aromatic carbocycles. The molecule has 0 saturated heterocycles. The van der Waals surface area contributed by atoms with Gasteiger partial charge in [0.25, 0.3) is 0 Å². The Morgan fingerprint density at radius 2 is 2.06 bits per heavy atom. The van der Waals surface area contributed by atoms with Gasteiger partial charge in [-0.1, -0.05) is 12.1 Å². The van der Waals surface area contributed by atoms with Crippen molar-refractivity contribution < 1.29 is 14.3 Å². The smallest absolute Gasteiger partial charge is 0.236 e. The van der Waals surface area contributed by atoms with Crippen molar-refractivity contribution in [2.75, 3.05) is 13.2 Å². The number of nitrogens with two attached hydrogens (primary N) is 1. The molecular formula is C13H18N2O3. The van der Waals surface area contributed by atoms with Crippen molar-refractivity contribution in [3.05, 3.63) is 29.3 Å². The number of primary amides is 1. The molecule has 0 radical (unpaired) electrons. The lowest BCUT2D eigenvalue weighted by atomic mass is 10.1. The average molecular weight is 250 g/mol. The summed E-state index contributed by atoms with van der Waals surface area (Å²) in [5.41, 5.74) is 7.12. The van der Waals surface area contributed by atoms with Crippen LogP contribution in [-0.2, 0) is 9.59 Å². The Morgan fingerprint density at radius 1 is 1.33 bits per heavy atom. The number of amides is 2. The molecule has 5 nitrogen and oxygen atoms in total. The number of nitrogens with one attached hydrogen (secondary N) is 1. The van der Waals surface area contributed by atoms with E-state index < -0.39 is 5.91 Å². The van der Waals surface area contributed by atoms with Crippen LogP contribution in [0.2, 0.25) is 0 Å². The minimum absolute atomic E-state index is 0.137. The van der Waals surface area contributed by atoms with Gasteiger partial charge in [-0.25, -0.2) is 0 Å². The molecule has 0 heterocycles. The first-order valence-electron chi connectivity index (χ1n) is 5.74. The summed E-state index contributed by atoms with van der Waals surface area (Å²) in [4.78, 5) is 21.7. The lowest BCUT2D eigenvalue weighted by Gasteiger charge is -2.10. The third-order valence-electron chi connectivity index (χ3n) is 2.60. The van der Waals surface area contributed by atoms with Crippen LogP contribution >= 0.6 is 0 Å². The zero-order chi connectivity index (χ0) is 13.5. The van der Waals surface area contributed by atoms with Crippen molar-refractivity contribution in [3.8, 4) is 5.75 Å². The lowest BCUT2D eigenvalue weighted by Crippen LogP contribution is -2.33. The highest BCUT2D eigenvalue weighted by molar-refractivity contribution is 5.83. The molecule has 0 saturated carbocycles. The minimum atomic E-state index is -0.557. The second-order valence-corrected chi connectivity index (χ2v) is 4.04. The van der Waals surface area contributed by atoms with Crippen LogP contribution in [0.25, 0.3) is 0 Å². The first kappa shape index (κ1) is 14.0. The van der Waals surface area contributed by atoms with Crippen molar-refractivity contribution in [2.24, 2.45) is 5.73 Å². The maximum absolute atomic E-state index is 11.3. The summed E-state index contributed by atoms with van der Waals surface area (Å²) in [7, 11) is 0. The van der Waals surface area contributed by atoms with Gasteiger partial charge in [0, 0.05) is 0 Å². The quantitative estimate of drug-likeness (QED) is 0.778. The van der Waals surface area contributed by atoms with Gasteiger partial charge in [0.15, 0.2) is 0 Å². The summed E-state index contributed by atoms with van der Waals surface area (Å²) in [6.45, 7) is 4.11. The van der Waals surface area contributed by atoms with Gasteiger partial charge in [0.1, 0.15) is 5.75 Å². The highest BCUT2D eigenvalue weighted by atomic mass is 16.5. The van der Waals surface area contributed by atoms with Crippen LogP contribution < -0.4 is 15.8 Å². The highest BCUT2D eigenvalue weighted by Gasteiger charge is 2.05. The van der Waals surface area contributed by atoms with Gasteiger partial charge >= 0.3 is 0 Å². The van der Waals surface area contributed by atoms with Gasteiger partial charge < -0.3 is 15.8 Å².